The van der Waals surface area contributed by atoms with Crippen LogP contribution in [0.3, 0.4) is 0 Å². The standard InChI is InChI=1S/C15H22N6/c1-2-20-10-8-17-15(20)12-16-11-13-5-4-9-21(13)14-6-3-7-18-19-14/h3,6-8,10,13,16H,2,4-5,9,11-12H2,1H3/t13-/m1/s1. The van der Waals surface area contributed by atoms with Crippen LogP contribution in [0.5, 0.6) is 0 Å². The Hall–Kier alpha value is -1.95. The molecule has 0 unspecified atom stereocenters. The summed E-state index contributed by atoms with van der Waals surface area (Å²) < 4.78 is 2.17. The first-order chi connectivity index (χ1) is 10.4. The lowest BCUT2D eigenvalue weighted by Gasteiger charge is -2.25. The first-order valence-electron chi connectivity index (χ1n) is 7.63. The molecule has 1 aliphatic heterocycles. The molecule has 1 atom stereocenters. The van der Waals surface area contributed by atoms with Crippen molar-refractivity contribution in [2.24, 2.45) is 0 Å². The van der Waals surface area contributed by atoms with Crippen molar-refractivity contribution in [3.05, 3.63) is 36.5 Å². The molecule has 3 rings (SSSR count). The molecular weight excluding hydrogens is 264 g/mol. The molecule has 112 valence electrons. The van der Waals surface area contributed by atoms with Gasteiger partial charge in [0, 0.05) is 44.3 Å². The number of aromatic nitrogens is 4. The monoisotopic (exact) mass is 286 g/mol. The Morgan fingerprint density at radius 2 is 2.33 bits per heavy atom. The average Bonchev–Trinajstić information content (AvgIpc) is 3.17. The Bertz CT molecular complexity index is 552. The Morgan fingerprint density at radius 1 is 1.38 bits per heavy atom. The highest BCUT2D eigenvalue weighted by atomic mass is 15.3. The van der Waals surface area contributed by atoms with Gasteiger partial charge in [0.1, 0.15) is 5.82 Å². The highest BCUT2D eigenvalue weighted by Crippen LogP contribution is 2.22. The van der Waals surface area contributed by atoms with Gasteiger partial charge in [0.15, 0.2) is 5.82 Å². The van der Waals surface area contributed by atoms with Crippen LogP contribution in [0.4, 0.5) is 5.82 Å². The fourth-order valence-corrected chi connectivity index (χ4v) is 2.94. The van der Waals surface area contributed by atoms with E-state index in [1.165, 1.54) is 12.8 Å². The molecule has 0 spiro atoms. The minimum absolute atomic E-state index is 0.492. The van der Waals surface area contributed by atoms with E-state index < -0.39 is 0 Å². The van der Waals surface area contributed by atoms with E-state index in [1.54, 1.807) is 6.20 Å². The largest absolute Gasteiger partial charge is 0.351 e. The van der Waals surface area contributed by atoms with Gasteiger partial charge in [-0.3, -0.25) is 0 Å². The zero-order valence-electron chi connectivity index (χ0n) is 12.4. The lowest BCUT2D eigenvalue weighted by Crippen LogP contribution is -2.38. The molecule has 0 aromatic carbocycles. The Labute approximate surface area is 125 Å². The van der Waals surface area contributed by atoms with Gasteiger partial charge in [0.2, 0.25) is 0 Å². The molecule has 0 bridgehead atoms. The molecule has 2 aromatic rings. The van der Waals surface area contributed by atoms with Gasteiger partial charge in [-0.1, -0.05) is 0 Å². The zero-order valence-corrected chi connectivity index (χ0v) is 12.4. The van der Waals surface area contributed by atoms with Crippen LogP contribution in [0.15, 0.2) is 30.7 Å². The van der Waals surface area contributed by atoms with Crippen LogP contribution < -0.4 is 10.2 Å². The highest BCUT2D eigenvalue weighted by Gasteiger charge is 2.25. The molecular formula is C15H22N6. The lowest BCUT2D eigenvalue weighted by molar-refractivity contribution is 0.546. The molecule has 6 heteroatoms. The third-order valence-electron chi connectivity index (χ3n) is 4.04. The first kappa shape index (κ1) is 14.0. The smallest absolute Gasteiger partial charge is 0.151 e. The van der Waals surface area contributed by atoms with Crippen LogP contribution in [0, 0.1) is 0 Å². The third kappa shape index (κ3) is 3.21. The first-order valence-corrected chi connectivity index (χ1v) is 7.63. The van der Waals surface area contributed by atoms with Crippen LogP contribution in [0.25, 0.3) is 0 Å². The lowest BCUT2D eigenvalue weighted by atomic mass is 10.2. The van der Waals surface area contributed by atoms with Gasteiger partial charge in [-0.2, -0.15) is 5.10 Å². The van der Waals surface area contributed by atoms with Crippen molar-refractivity contribution in [1.29, 1.82) is 0 Å². The molecule has 1 aliphatic rings. The predicted molar refractivity (Wildman–Crippen MR) is 82.0 cm³/mol. The molecule has 6 nitrogen and oxygen atoms in total. The van der Waals surface area contributed by atoms with Crippen molar-refractivity contribution < 1.29 is 0 Å². The van der Waals surface area contributed by atoms with Crippen molar-refractivity contribution >= 4 is 5.82 Å². The van der Waals surface area contributed by atoms with Gasteiger partial charge >= 0.3 is 0 Å². The van der Waals surface area contributed by atoms with Crippen molar-refractivity contribution in [2.75, 3.05) is 18.0 Å². The van der Waals surface area contributed by atoms with Crippen LogP contribution in [-0.4, -0.2) is 38.9 Å². The normalized spacial score (nSPS) is 18.3. The van der Waals surface area contributed by atoms with Gasteiger partial charge in [0.05, 0.1) is 6.54 Å². The van der Waals surface area contributed by atoms with Gasteiger partial charge < -0.3 is 14.8 Å². The van der Waals surface area contributed by atoms with E-state index in [9.17, 15) is 0 Å². The summed E-state index contributed by atoms with van der Waals surface area (Å²) >= 11 is 0. The molecule has 0 radical (unpaired) electrons. The summed E-state index contributed by atoms with van der Waals surface area (Å²) in [5.41, 5.74) is 0. The maximum atomic E-state index is 4.39. The second-order valence-corrected chi connectivity index (χ2v) is 5.33. The molecule has 1 N–H and O–H groups in total. The van der Waals surface area contributed by atoms with Crippen LogP contribution >= 0.6 is 0 Å². The Morgan fingerprint density at radius 3 is 3.14 bits per heavy atom. The summed E-state index contributed by atoms with van der Waals surface area (Å²) in [5, 5.41) is 11.7. The quantitative estimate of drug-likeness (QED) is 0.871. The van der Waals surface area contributed by atoms with Crippen molar-refractivity contribution in [3.8, 4) is 0 Å². The fourth-order valence-electron chi connectivity index (χ4n) is 2.94. The van der Waals surface area contributed by atoms with Crippen LogP contribution in [0.1, 0.15) is 25.6 Å². The van der Waals surface area contributed by atoms with Crippen LogP contribution in [0.2, 0.25) is 0 Å². The van der Waals surface area contributed by atoms with E-state index in [-0.39, 0.29) is 0 Å². The topological polar surface area (TPSA) is 58.9 Å². The van der Waals surface area contributed by atoms with Gasteiger partial charge in [-0.05, 0) is 31.9 Å². The van der Waals surface area contributed by atoms with Gasteiger partial charge in [0.25, 0.3) is 0 Å². The summed E-state index contributed by atoms with van der Waals surface area (Å²) in [5.74, 6) is 2.08. The molecule has 0 aliphatic carbocycles. The minimum Gasteiger partial charge on any atom is -0.351 e. The number of hydrogen-bond donors (Lipinski definition) is 1. The second kappa shape index (κ2) is 6.67. The minimum atomic E-state index is 0.492. The van der Waals surface area contributed by atoms with Gasteiger partial charge in [-0.15, -0.1) is 5.10 Å². The number of nitrogens with one attached hydrogen (secondary N) is 1. The Kier molecular flexibility index (Phi) is 4.45. The van der Waals surface area contributed by atoms with Crippen molar-refractivity contribution in [1.82, 2.24) is 25.1 Å². The third-order valence-corrected chi connectivity index (χ3v) is 4.04. The predicted octanol–water partition coefficient (Wildman–Crippen LogP) is 1.45. The van der Waals surface area contributed by atoms with Crippen LogP contribution in [-0.2, 0) is 13.1 Å². The summed E-state index contributed by atoms with van der Waals surface area (Å²) in [4.78, 5) is 6.75. The maximum absolute atomic E-state index is 4.39. The molecule has 0 saturated carbocycles. The van der Waals surface area contributed by atoms with E-state index in [0.29, 0.717) is 6.04 Å². The number of imidazole rings is 1. The highest BCUT2D eigenvalue weighted by molar-refractivity contribution is 5.39. The number of rotatable bonds is 6. The summed E-state index contributed by atoms with van der Waals surface area (Å²) in [6.45, 7) is 5.93. The molecule has 3 heterocycles. The molecule has 1 saturated heterocycles. The number of nitrogens with zero attached hydrogens (tertiary/aromatic N) is 5. The Balaban J connectivity index is 1.55. The number of hydrogen-bond acceptors (Lipinski definition) is 5. The number of anilines is 1. The zero-order chi connectivity index (χ0) is 14.5. The van der Waals surface area contributed by atoms with E-state index >= 15 is 0 Å². The van der Waals surface area contributed by atoms with E-state index in [2.05, 4.69) is 36.9 Å². The average molecular weight is 286 g/mol. The van der Waals surface area contributed by atoms with E-state index in [1.807, 2.05) is 24.5 Å². The second-order valence-electron chi connectivity index (χ2n) is 5.33. The van der Waals surface area contributed by atoms with Gasteiger partial charge in [-0.25, -0.2) is 4.98 Å². The molecule has 0 amide bonds. The molecule has 21 heavy (non-hydrogen) atoms. The summed E-state index contributed by atoms with van der Waals surface area (Å²) in [6.07, 6.45) is 8.02. The van der Waals surface area contributed by atoms with Crippen molar-refractivity contribution in [2.45, 2.75) is 38.9 Å². The fraction of sp³-hybridized carbons (Fsp3) is 0.533. The van der Waals surface area contributed by atoms with Crippen molar-refractivity contribution in [3.63, 3.8) is 0 Å². The van der Waals surface area contributed by atoms with E-state index in [0.717, 1.165) is 37.8 Å². The van der Waals surface area contributed by atoms with E-state index in [4.69, 9.17) is 0 Å². The molecule has 2 aromatic heterocycles. The molecule has 1 fully saturated rings. The SMILES string of the molecule is CCn1ccnc1CNC[C@H]1CCCN1c1cccnn1. The number of aryl methyl sites for hydroxylation is 1. The maximum Gasteiger partial charge on any atom is 0.151 e. The summed E-state index contributed by atoms with van der Waals surface area (Å²) in [6, 6.07) is 4.48. The summed E-state index contributed by atoms with van der Waals surface area (Å²) in [7, 11) is 0.